The fourth-order valence-corrected chi connectivity index (χ4v) is 4.71. The summed E-state index contributed by atoms with van der Waals surface area (Å²) in [4.78, 5) is 16.4. The van der Waals surface area contributed by atoms with E-state index in [4.69, 9.17) is 9.47 Å². The average molecular weight is 440 g/mol. The summed E-state index contributed by atoms with van der Waals surface area (Å²) >= 11 is 1.67. The second-order valence-electron chi connectivity index (χ2n) is 7.97. The molecule has 0 aliphatic heterocycles. The van der Waals surface area contributed by atoms with E-state index in [0.717, 1.165) is 29.0 Å². The largest absolute Gasteiger partial charge is 0.493 e. The molecular formula is C24H29N3O3S. The number of ether oxygens (including phenoxy) is 2. The molecule has 0 unspecified atom stereocenters. The number of aromatic nitrogens is 2. The molecule has 1 saturated carbocycles. The SMILES string of the molecule is COc1ccc(CN(C(=O)Cn2ccc(C)n2)C2CCCC2)cc1OCc1cccs1. The third-order valence-electron chi connectivity index (χ3n) is 5.69. The number of hydrogen-bond acceptors (Lipinski definition) is 5. The molecule has 0 spiro atoms. The summed E-state index contributed by atoms with van der Waals surface area (Å²) in [6, 6.07) is 12.2. The lowest BCUT2D eigenvalue weighted by molar-refractivity contribution is -0.135. The van der Waals surface area contributed by atoms with E-state index in [1.54, 1.807) is 23.1 Å². The maximum atomic E-state index is 13.2. The molecule has 31 heavy (non-hydrogen) atoms. The number of nitrogens with zero attached hydrogens (tertiary/aromatic N) is 3. The van der Waals surface area contributed by atoms with Crippen molar-refractivity contribution in [1.29, 1.82) is 0 Å². The summed E-state index contributed by atoms with van der Waals surface area (Å²) in [6.45, 7) is 3.26. The van der Waals surface area contributed by atoms with E-state index in [1.165, 1.54) is 12.8 Å². The summed E-state index contributed by atoms with van der Waals surface area (Å²) in [5, 5.41) is 6.43. The lowest BCUT2D eigenvalue weighted by atomic mass is 10.1. The van der Waals surface area contributed by atoms with Gasteiger partial charge in [0, 0.05) is 23.7 Å². The van der Waals surface area contributed by atoms with Gasteiger partial charge in [-0.1, -0.05) is 25.0 Å². The summed E-state index contributed by atoms with van der Waals surface area (Å²) in [5.41, 5.74) is 1.96. The zero-order valence-corrected chi connectivity index (χ0v) is 18.9. The molecule has 1 aromatic carbocycles. The van der Waals surface area contributed by atoms with Crippen LogP contribution in [-0.2, 0) is 24.5 Å². The number of thiophene rings is 1. The summed E-state index contributed by atoms with van der Waals surface area (Å²) < 4.78 is 13.3. The molecule has 4 rings (SSSR count). The maximum Gasteiger partial charge on any atom is 0.244 e. The molecule has 0 radical (unpaired) electrons. The molecule has 7 heteroatoms. The van der Waals surface area contributed by atoms with Crippen molar-refractivity contribution < 1.29 is 14.3 Å². The number of rotatable bonds is 9. The van der Waals surface area contributed by atoms with Crippen LogP contribution in [0, 0.1) is 6.92 Å². The molecule has 1 fully saturated rings. The molecule has 6 nitrogen and oxygen atoms in total. The highest BCUT2D eigenvalue weighted by molar-refractivity contribution is 7.09. The second-order valence-corrected chi connectivity index (χ2v) is 9.00. The average Bonchev–Trinajstić information content (AvgIpc) is 3.54. The molecule has 0 bridgehead atoms. The fraction of sp³-hybridized carbons (Fsp3) is 0.417. The summed E-state index contributed by atoms with van der Waals surface area (Å²) in [5.74, 6) is 1.51. The van der Waals surface area contributed by atoms with E-state index >= 15 is 0 Å². The number of carbonyl (C=O) groups is 1. The van der Waals surface area contributed by atoms with Gasteiger partial charge in [0.25, 0.3) is 0 Å². The Morgan fingerprint density at radius 1 is 1.23 bits per heavy atom. The van der Waals surface area contributed by atoms with Gasteiger partial charge in [0.05, 0.1) is 12.8 Å². The van der Waals surface area contributed by atoms with Crippen LogP contribution in [0.15, 0.2) is 48.0 Å². The molecule has 0 N–H and O–H groups in total. The first-order chi connectivity index (χ1) is 15.1. The Labute approximate surface area is 187 Å². The normalized spacial score (nSPS) is 14.0. The Balaban J connectivity index is 1.51. The molecular weight excluding hydrogens is 410 g/mol. The maximum absolute atomic E-state index is 13.2. The number of aryl methyl sites for hydroxylation is 1. The summed E-state index contributed by atoms with van der Waals surface area (Å²) in [6.07, 6.45) is 6.33. The van der Waals surface area contributed by atoms with Crippen molar-refractivity contribution in [2.75, 3.05) is 7.11 Å². The van der Waals surface area contributed by atoms with Crippen LogP contribution in [-0.4, -0.2) is 33.7 Å². The Morgan fingerprint density at radius 3 is 2.74 bits per heavy atom. The van der Waals surface area contributed by atoms with Crippen LogP contribution in [0.3, 0.4) is 0 Å². The second kappa shape index (κ2) is 10.0. The van der Waals surface area contributed by atoms with Gasteiger partial charge in [-0.15, -0.1) is 11.3 Å². The van der Waals surface area contributed by atoms with Gasteiger partial charge >= 0.3 is 0 Å². The van der Waals surface area contributed by atoms with Crippen LogP contribution >= 0.6 is 11.3 Å². The first-order valence-electron chi connectivity index (χ1n) is 10.7. The first-order valence-corrected chi connectivity index (χ1v) is 11.6. The van der Waals surface area contributed by atoms with Crippen LogP contribution in [0.5, 0.6) is 11.5 Å². The van der Waals surface area contributed by atoms with Crippen molar-refractivity contribution in [3.05, 3.63) is 64.1 Å². The topological polar surface area (TPSA) is 56.6 Å². The zero-order chi connectivity index (χ0) is 21.6. The van der Waals surface area contributed by atoms with E-state index in [0.29, 0.717) is 24.7 Å². The third kappa shape index (κ3) is 5.47. The van der Waals surface area contributed by atoms with E-state index in [2.05, 4.69) is 11.2 Å². The highest BCUT2D eigenvalue weighted by Gasteiger charge is 2.27. The minimum Gasteiger partial charge on any atom is -0.493 e. The van der Waals surface area contributed by atoms with Crippen LogP contribution in [0.2, 0.25) is 0 Å². The predicted octanol–water partition coefficient (Wildman–Crippen LogP) is 4.81. The molecule has 1 aliphatic carbocycles. The molecule has 1 amide bonds. The Hall–Kier alpha value is -2.80. The molecule has 2 heterocycles. The monoisotopic (exact) mass is 439 g/mol. The van der Waals surface area contributed by atoms with E-state index in [-0.39, 0.29) is 18.5 Å². The van der Waals surface area contributed by atoms with Gasteiger partial charge in [-0.25, -0.2) is 0 Å². The highest BCUT2D eigenvalue weighted by Crippen LogP contribution is 2.31. The van der Waals surface area contributed by atoms with E-state index < -0.39 is 0 Å². The van der Waals surface area contributed by atoms with Crippen molar-refractivity contribution in [1.82, 2.24) is 14.7 Å². The predicted molar refractivity (Wildman–Crippen MR) is 121 cm³/mol. The van der Waals surface area contributed by atoms with Crippen LogP contribution < -0.4 is 9.47 Å². The summed E-state index contributed by atoms with van der Waals surface area (Å²) in [7, 11) is 1.65. The van der Waals surface area contributed by atoms with Gasteiger partial charge < -0.3 is 14.4 Å². The lowest BCUT2D eigenvalue weighted by Crippen LogP contribution is -2.40. The first kappa shape index (κ1) is 21.4. The van der Waals surface area contributed by atoms with Crippen molar-refractivity contribution in [2.24, 2.45) is 0 Å². The quantitative estimate of drug-likeness (QED) is 0.480. The number of methoxy groups -OCH3 is 1. The molecule has 164 valence electrons. The number of hydrogen-bond donors (Lipinski definition) is 0. The van der Waals surface area contributed by atoms with Gasteiger partial charge in [0.1, 0.15) is 13.2 Å². The lowest BCUT2D eigenvalue weighted by Gasteiger charge is -2.29. The fourth-order valence-electron chi connectivity index (χ4n) is 4.09. The van der Waals surface area contributed by atoms with Crippen LogP contribution in [0.1, 0.15) is 41.8 Å². The minimum atomic E-state index is 0.104. The van der Waals surface area contributed by atoms with Crippen LogP contribution in [0.4, 0.5) is 0 Å². The number of carbonyl (C=O) groups excluding carboxylic acids is 1. The molecule has 3 aromatic rings. The number of benzene rings is 1. The molecule has 1 aliphatic rings. The third-order valence-corrected chi connectivity index (χ3v) is 6.54. The van der Waals surface area contributed by atoms with Gasteiger partial charge in [0.15, 0.2) is 11.5 Å². The Morgan fingerprint density at radius 2 is 2.06 bits per heavy atom. The van der Waals surface area contributed by atoms with Crippen LogP contribution in [0.25, 0.3) is 0 Å². The highest BCUT2D eigenvalue weighted by atomic mass is 32.1. The van der Waals surface area contributed by atoms with E-state index in [1.807, 2.05) is 53.7 Å². The molecule has 0 saturated heterocycles. The van der Waals surface area contributed by atoms with Crippen molar-refractivity contribution in [2.45, 2.75) is 58.3 Å². The van der Waals surface area contributed by atoms with Crippen molar-refractivity contribution in [3.8, 4) is 11.5 Å². The minimum absolute atomic E-state index is 0.104. The zero-order valence-electron chi connectivity index (χ0n) is 18.1. The van der Waals surface area contributed by atoms with Gasteiger partial charge in [-0.05, 0) is 55.0 Å². The van der Waals surface area contributed by atoms with Crippen molar-refractivity contribution in [3.63, 3.8) is 0 Å². The smallest absolute Gasteiger partial charge is 0.244 e. The van der Waals surface area contributed by atoms with E-state index in [9.17, 15) is 4.79 Å². The standard InChI is InChI=1S/C24H29N3O3S/c1-18-11-12-26(25-18)16-24(28)27(20-6-3-4-7-20)15-19-9-10-22(29-2)23(14-19)30-17-21-8-5-13-31-21/h5,8-14,20H,3-4,6-7,15-17H2,1-2H3. The number of amides is 1. The van der Waals surface area contributed by atoms with Gasteiger partial charge in [0.2, 0.25) is 5.91 Å². The Bertz CT molecular complexity index is 993. The Kier molecular flexibility index (Phi) is 6.92. The van der Waals surface area contributed by atoms with Gasteiger partial charge in [-0.3, -0.25) is 9.48 Å². The molecule has 0 atom stereocenters. The molecule has 2 aromatic heterocycles. The van der Waals surface area contributed by atoms with Gasteiger partial charge in [-0.2, -0.15) is 5.10 Å². The van der Waals surface area contributed by atoms with Crippen molar-refractivity contribution >= 4 is 17.2 Å².